The molecular formula is C15H24. The molecule has 0 aromatic rings. The fraction of sp³-hybridized carbons (Fsp3) is 0.600. The predicted molar refractivity (Wildman–Crippen MR) is 68.8 cm³/mol. The fourth-order valence-electron chi connectivity index (χ4n) is 2.01. The van der Waals surface area contributed by atoms with Crippen molar-refractivity contribution in [3.05, 3.63) is 35.5 Å². The summed E-state index contributed by atoms with van der Waals surface area (Å²) in [5, 5.41) is 0. The van der Waals surface area contributed by atoms with Crippen molar-refractivity contribution in [3.8, 4) is 0 Å². The molecule has 0 nitrogen and oxygen atoms in total. The Kier molecular flexibility index (Phi) is 4.87. The SMILES string of the molecule is CC(C)=CCC[C@H](C)C1C=CC(C)=CC1. The molecule has 0 N–H and O–H groups in total. The standard InChI is InChI=1S/C15H24/c1-12(2)6-5-7-14(4)15-10-8-13(3)9-11-15/h6,8-10,14-15H,5,7,11H2,1-4H3/t14-,15?/m0/s1. The highest BCUT2D eigenvalue weighted by molar-refractivity contribution is 5.21. The van der Waals surface area contributed by atoms with Crippen LogP contribution in [0.15, 0.2) is 35.5 Å². The Hall–Kier alpha value is -0.780. The lowest BCUT2D eigenvalue weighted by Crippen LogP contribution is -2.10. The van der Waals surface area contributed by atoms with E-state index in [2.05, 4.69) is 52.0 Å². The minimum absolute atomic E-state index is 0.763. The summed E-state index contributed by atoms with van der Waals surface area (Å²) >= 11 is 0. The summed E-state index contributed by atoms with van der Waals surface area (Å²) < 4.78 is 0. The summed E-state index contributed by atoms with van der Waals surface area (Å²) in [5.41, 5.74) is 2.86. The number of hydrogen-bond donors (Lipinski definition) is 0. The Bertz CT molecular complexity index is 274. The molecule has 15 heavy (non-hydrogen) atoms. The van der Waals surface area contributed by atoms with Crippen LogP contribution in [-0.2, 0) is 0 Å². The quantitative estimate of drug-likeness (QED) is 0.572. The van der Waals surface area contributed by atoms with Crippen LogP contribution in [0, 0.1) is 11.8 Å². The van der Waals surface area contributed by atoms with Gasteiger partial charge in [0.1, 0.15) is 0 Å². The first-order valence-corrected chi connectivity index (χ1v) is 6.08. The van der Waals surface area contributed by atoms with Gasteiger partial charge >= 0.3 is 0 Å². The monoisotopic (exact) mass is 204 g/mol. The molecule has 0 bridgehead atoms. The van der Waals surface area contributed by atoms with Crippen LogP contribution < -0.4 is 0 Å². The highest BCUT2D eigenvalue weighted by Gasteiger charge is 2.14. The third kappa shape index (κ3) is 4.51. The van der Waals surface area contributed by atoms with Gasteiger partial charge in [-0.3, -0.25) is 0 Å². The summed E-state index contributed by atoms with van der Waals surface area (Å²) in [6.07, 6.45) is 13.2. The summed E-state index contributed by atoms with van der Waals surface area (Å²) in [6, 6.07) is 0. The highest BCUT2D eigenvalue weighted by Crippen LogP contribution is 2.26. The zero-order chi connectivity index (χ0) is 11.3. The summed E-state index contributed by atoms with van der Waals surface area (Å²) in [7, 11) is 0. The maximum absolute atomic E-state index is 2.39. The first-order valence-electron chi connectivity index (χ1n) is 6.08. The first-order chi connectivity index (χ1) is 7.09. The van der Waals surface area contributed by atoms with Crippen molar-refractivity contribution in [1.82, 2.24) is 0 Å². The lowest BCUT2D eigenvalue weighted by Gasteiger charge is -2.21. The predicted octanol–water partition coefficient (Wildman–Crippen LogP) is 4.89. The molecule has 0 heterocycles. The van der Waals surface area contributed by atoms with Crippen molar-refractivity contribution < 1.29 is 0 Å². The van der Waals surface area contributed by atoms with Crippen LogP contribution in [0.3, 0.4) is 0 Å². The average molecular weight is 204 g/mol. The average Bonchev–Trinajstić information content (AvgIpc) is 2.18. The van der Waals surface area contributed by atoms with Crippen LogP contribution in [0.5, 0.6) is 0 Å². The highest BCUT2D eigenvalue weighted by atomic mass is 14.2. The molecule has 0 fully saturated rings. The van der Waals surface area contributed by atoms with Crippen molar-refractivity contribution in [2.75, 3.05) is 0 Å². The number of rotatable bonds is 4. The van der Waals surface area contributed by atoms with Crippen LogP contribution in [0.2, 0.25) is 0 Å². The van der Waals surface area contributed by atoms with Gasteiger partial charge < -0.3 is 0 Å². The minimum atomic E-state index is 0.763. The molecular weight excluding hydrogens is 180 g/mol. The second kappa shape index (κ2) is 5.95. The van der Waals surface area contributed by atoms with E-state index < -0.39 is 0 Å². The molecule has 1 aliphatic rings. The molecule has 0 radical (unpaired) electrons. The Morgan fingerprint density at radius 1 is 1.53 bits per heavy atom. The third-order valence-corrected chi connectivity index (χ3v) is 3.22. The molecule has 84 valence electrons. The van der Waals surface area contributed by atoms with E-state index >= 15 is 0 Å². The third-order valence-electron chi connectivity index (χ3n) is 3.22. The Balaban J connectivity index is 2.33. The second-order valence-corrected chi connectivity index (χ2v) is 5.04. The van der Waals surface area contributed by atoms with E-state index in [4.69, 9.17) is 0 Å². The maximum Gasteiger partial charge on any atom is -0.0170 e. The van der Waals surface area contributed by atoms with E-state index in [1.54, 1.807) is 0 Å². The van der Waals surface area contributed by atoms with Crippen molar-refractivity contribution in [3.63, 3.8) is 0 Å². The normalized spacial score (nSPS) is 22.1. The number of allylic oxidation sites excluding steroid dienone is 6. The van der Waals surface area contributed by atoms with Gasteiger partial charge in [-0.15, -0.1) is 0 Å². The maximum atomic E-state index is 2.39. The first kappa shape index (κ1) is 12.3. The van der Waals surface area contributed by atoms with Gasteiger partial charge in [0.15, 0.2) is 0 Å². The molecule has 0 amide bonds. The van der Waals surface area contributed by atoms with Gasteiger partial charge in [-0.05, 0) is 51.9 Å². The lowest BCUT2D eigenvalue weighted by molar-refractivity contribution is 0.403. The topological polar surface area (TPSA) is 0 Å². The van der Waals surface area contributed by atoms with Gasteiger partial charge in [-0.1, -0.05) is 42.4 Å². The molecule has 2 atom stereocenters. The molecule has 0 aromatic heterocycles. The van der Waals surface area contributed by atoms with Gasteiger partial charge in [-0.25, -0.2) is 0 Å². The van der Waals surface area contributed by atoms with Gasteiger partial charge in [0, 0.05) is 0 Å². The van der Waals surface area contributed by atoms with E-state index in [1.165, 1.54) is 30.4 Å². The summed E-state index contributed by atoms with van der Waals surface area (Å²) in [6.45, 7) is 8.91. The van der Waals surface area contributed by atoms with Crippen LogP contribution in [0.25, 0.3) is 0 Å². The van der Waals surface area contributed by atoms with Gasteiger partial charge in [0.25, 0.3) is 0 Å². The molecule has 0 saturated heterocycles. The van der Waals surface area contributed by atoms with E-state index in [0.29, 0.717) is 0 Å². The van der Waals surface area contributed by atoms with Crippen molar-refractivity contribution >= 4 is 0 Å². The molecule has 0 heteroatoms. The summed E-state index contributed by atoms with van der Waals surface area (Å²) in [4.78, 5) is 0. The molecule has 0 aromatic carbocycles. The molecule has 1 rings (SSSR count). The van der Waals surface area contributed by atoms with Crippen LogP contribution >= 0.6 is 0 Å². The fourth-order valence-corrected chi connectivity index (χ4v) is 2.01. The van der Waals surface area contributed by atoms with E-state index in [9.17, 15) is 0 Å². The molecule has 1 aliphatic carbocycles. The zero-order valence-corrected chi connectivity index (χ0v) is 10.6. The van der Waals surface area contributed by atoms with Crippen LogP contribution in [0.4, 0.5) is 0 Å². The van der Waals surface area contributed by atoms with Gasteiger partial charge in [0.2, 0.25) is 0 Å². The molecule has 0 spiro atoms. The Labute approximate surface area is 94.8 Å². The second-order valence-electron chi connectivity index (χ2n) is 5.04. The summed E-state index contributed by atoms with van der Waals surface area (Å²) in [5.74, 6) is 1.57. The van der Waals surface area contributed by atoms with Crippen molar-refractivity contribution in [2.24, 2.45) is 11.8 Å². The minimum Gasteiger partial charge on any atom is -0.0859 e. The number of hydrogen-bond acceptors (Lipinski definition) is 0. The lowest BCUT2D eigenvalue weighted by atomic mass is 9.84. The van der Waals surface area contributed by atoms with E-state index in [-0.39, 0.29) is 0 Å². The molecule has 1 unspecified atom stereocenters. The molecule has 0 saturated carbocycles. The smallest absolute Gasteiger partial charge is 0.0170 e. The van der Waals surface area contributed by atoms with Gasteiger partial charge in [0.05, 0.1) is 0 Å². The molecule has 0 aliphatic heterocycles. The largest absolute Gasteiger partial charge is 0.0859 e. The van der Waals surface area contributed by atoms with E-state index in [0.717, 1.165) is 11.8 Å². The Morgan fingerprint density at radius 2 is 2.27 bits per heavy atom. The van der Waals surface area contributed by atoms with E-state index in [1.807, 2.05) is 0 Å². The van der Waals surface area contributed by atoms with Crippen LogP contribution in [-0.4, -0.2) is 0 Å². The Morgan fingerprint density at radius 3 is 2.80 bits per heavy atom. The van der Waals surface area contributed by atoms with Crippen molar-refractivity contribution in [2.45, 2.75) is 47.0 Å². The van der Waals surface area contributed by atoms with Crippen LogP contribution in [0.1, 0.15) is 47.0 Å². The van der Waals surface area contributed by atoms with Gasteiger partial charge in [-0.2, -0.15) is 0 Å². The zero-order valence-electron chi connectivity index (χ0n) is 10.6. The van der Waals surface area contributed by atoms with Crippen molar-refractivity contribution in [1.29, 1.82) is 0 Å².